The molecular formula is C31H34O7. The van der Waals surface area contributed by atoms with Crippen molar-refractivity contribution in [3.63, 3.8) is 0 Å². The summed E-state index contributed by atoms with van der Waals surface area (Å²) in [6.45, 7) is 6.72. The molecule has 0 spiro atoms. The monoisotopic (exact) mass is 518 g/mol. The maximum atomic E-state index is 12.5. The van der Waals surface area contributed by atoms with Gasteiger partial charge in [-0.2, -0.15) is 0 Å². The van der Waals surface area contributed by atoms with Crippen LogP contribution in [0.3, 0.4) is 0 Å². The number of benzene rings is 3. The Hall–Kier alpha value is -4.13. The summed E-state index contributed by atoms with van der Waals surface area (Å²) in [5.74, 6) is 0.161. The zero-order valence-corrected chi connectivity index (χ0v) is 22.1. The van der Waals surface area contributed by atoms with E-state index >= 15 is 0 Å². The lowest BCUT2D eigenvalue weighted by Crippen LogP contribution is -2.15. The summed E-state index contributed by atoms with van der Waals surface area (Å²) in [6.07, 6.45) is 3.14. The van der Waals surface area contributed by atoms with E-state index in [-0.39, 0.29) is 11.9 Å². The number of carbonyl (C=O) groups is 3. The lowest BCUT2D eigenvalue weighted by atomic mass is 10.1. The van der Waals surface area contributed by atoms with Crippen LogP contribution in [0.2, 0.25) is 0 Å². The molecule has 0 aliphatic rings. The molecule has 3 aromatic rings. The normalized spacial score (nSPS) is 11.3. The molecule has 0 heterocycles. The highest BCUT2D eigenvalue weighted by molar-refractivity contribution is 5.92. The first-order valence-electron chi connectivity index (χ1n) is 12.9. The fraction of sp³-hybridized carbons (Fsp3) is 0.323. The first-order valence-corrected chi connectivity index (χ1v) is 12.9. The van der Waals surface area contributed by atoms with Crippen LogP contribution in [0.1, 0.15) is 66.3 Å². The van der Waals surface area contributed by atoms with Gasteiger partial charge in [0.25, 0.3) is 0 Å². The fourth-order valence-electron chi connectivity index (χ4n) is 3.35. The molecule has 0 radical (unpaired) electrons. The van der Waals surface area contributed by atoms with Crippen molar-refractivity contribution in [2.45, 2.75) is 46.5 Å². The van der Waals surface area contributed by atoms with Crippen molar-refractivity contribution in [3.8, 4) is 17.2 Å². The molecule has 0 bridgehead atoms. The average molecular weight is 519 g/mol. The first kappa shape index (κ1) is 28.4. The molecule has 0 saturated carbocycles. The summed E-state index contributed by atoms with van der Waals surface area (Å²) >= 11 is 0. The summed E-state index contributed by atoms with van der Waals surface area (Å²) < 4.78 is 21.7. The lowest BCUT2D eigenvalue weighted by Gasteiger charge is -2.10. The van der Waals surface area contributed by atoms with Crippen LogP contribution in [0.15, 0.2) is 72.8 Å². The highest BCUT2D eigenvalue weighted by Crippen LogP contribution is 2.19. The lowest BCUT2D eigenvalue weighted by molar-refractivity contribution is -0.148. The van der Waals surface area contributed by atoms with Gasteiger partial charge >= 0.3 is 17.9 Å². The Labute approximate surface area is 223 Å². The number of unbranched alkanes of at least 4 members (excludes halogenated alkanes) is 1. The van der Waals surface area contributed by atoms with Gasteiger partial charge in [-0.05, 0) is 91.9 Å². The van der Waals surface area contributed by atoms with Gasteiger partial charge < -0.3 is 18.9 Å². The summed E-state index contributed by atoms with van der Waals surface area (Å²) in [6, 6.07) is 20.2. The smallest absolute Gasteiger partial charge is 0.343 e. The van der Waals surface area contributed by atoms with Crippen molar-refractivity contribution in [2.24, 2.45) is 5.92 Å². The molecule has 1 unspecified atom stereocenters. The molecule has 0 aromatic heterocycles. The van der Waals surface area contributed by atoms with E-state index in [0.717, 1.165) is 31.2 Å². The van der Waals surface area contributed by atoms with E-state index in [1.165, 1.54) is 0 Å². The van der Waals surface area contributed by atoms with Crippen LogP contribution in [0.25, 0.3) is 0 Å². The van der Waals surface area contributed by atoms with Crippen LogP contribution in [-0.4, -0.2) is 31.1 Å². The summed E-state index contributed by atoms with van der Waals surface area (Å²) in [4.78, 5) is 36.5. The third kappa shape index (κ3) is 8.76. The predicted octanol–water partition coefficient (Wildman–Crippen LogP) is 6.44. The molecule has 7 nitrogen and oxygen atoms in total. The number of rotatable bonds is 13. The Bertz CT molecular complexity index is 1180. The van der Waals surface area contributed by atoms with E-state index < -0.39 is 11.9 Å². The molecule has 0 aliphatic heterocycles. The summed E-state index contributed by atoms with van der Waals surface area (Å²) in [5, 5.41) is 0. The minimum absolute atomic E-state index is 0.0752. The van der Waals surface area contributed by atoms with Crippen LogP contribution in [0.4, 0.5) is 0 Å². The minimum atomic E-state index is -0.522. The Morgan fingerprint density at radius 1 is 0.658 bits per heavy atom. The summed E-state index contributed by atoms with van der Waals surface area (Å²) in [7, 11) is 0. The molecular weight excluding hydrogens is 484 g/mol. The molecule has 0 fully saturated rings. The number of carbonyl (C=O) groups excluding carboxylic acids is 3. The van der Waals surface area contributed by atoms with Gasteiger partial charge in [-0.25, -0.2) is 9.59 Å². The standard InChI is InChI=1S/C31H34O7/c1-4-22(3)29(32)36-21-7-6-20-35-26-16-10-24(11-17-26)30(33)38-28-18-12-25(13-19-28)31(34)37-27-14-8-23(5-2)9-15-27/h8-19,22H,4-7,20-21H2,1-3H3. The van der Waals surface area contributed by atoms with E-state index in [1.807, 2.05) is 26.0 Å². The molecule has 0 aliphatic carbocycles. The van der Waals surface area contributed by atoms with E-state index in [9.17, 15) is 14.4 Å². The van der Waals surface area contributed by atoms with E-state index in [4.69, 9.17) is 18.9 Å². The number of hydrogen-bond acceptors (Lipinski definition) is 7. The fourth-order valence-corrected chi connectivity index (χ4v) is 3.35. The summed E-state index contributed by atoms with van der Waals surface area (Å²) in [5.41, 5.74) is 1.87. The Morgan fingerprint density at radius 3 is 1.63 bits per heavy atom. The molecule has 7 heteroatoms. The van der Waals surface area contributed by atoms with Crippen molar-refractivity contribution >= 4 is 17.9 Å². The topological polar surface area (TPSA) is 88.1 Å². The Balaban J connectivity index is 1.41. The maximum absolute atomic E-state index is 12.5. The SMILES string of the molecule is CCc1ccc(OC(=O)c2ccc(OC(=O)c3ccc(OCCCCOC(=O)C(C)CC)cc3)cc2)cc1. The van der Waals surface area contributed by atoms with Gasteiger partial charge in [-0.1, -0.05) is 32.9 Å². The molecule has 38 heavy (non-hydrogen) atoms. The number of esters is 3. The number of ether oxygens (including phenoxy) is 4. The van der Waals surface area contributed by atoms with Gasteiger partial charge in [-0.15, -0.1) is 0 Å². The first-order chi connectivity index (χ1) is 18.4. The van der Waals surface area contributed by atoms with Gasteiger partial charge in [0, 0.05) is 0 Å². The van der Waals surface area contributed by atoms with Crippen LogP contribution in [0, 0.1) is 5.92 Å². The van der Waals surface area contributed by atoms with Crippen LogP contribution in [-0.2, 0) is 16.0 Å². The van der Waals surface area contributed by atoms with E-state index in [0.29, 0.717) is 41.6 Å². The minimum Gasteiger partial charge on any atom is -0.494 e. The molecule has 1 atom stereocenters. The molecule has 0 saturated heterocycles. The van der Waals surface area contributed by atoms with Crippen molar-refractivity contribution < 1.29 is 33.3 Å². The highest BCUT2D eigenvalue weighted by atomic mass is 16.5. The van der Waals surface area contributed by atoms with Gasteiger partial charge in [0.05, 0.1) is 30.3 Å². The van der Waals surface area contributed by atoms with Crippen LogP contribution in [0.5, 0.6) is 17.2 Å². The zero-order valence-electron chi connectivity index (χ0n) is 22.1. The molecule has 0 amide bonds. The van der Waals surface area contributed by atoms with Crippen molar-refractivity contribution in [2.75, 3.05) is 13.2 Å². The van der Waals surface area contributed by atoms with Crippen molar-refractivity contribution in [1.29, 1.82) is 0 Å². The maximum Gasteiger partial charge on any atom is 0.343 e. The van der Waals surface area contributed by atoms with Crippen LogP contribution < -0.4 is 14.2 Å². The number of aryl methyl sites for hydroxylation is 1. The largest absolute Gasteiger partial charge is 0.494 e. The average Bonchev–Trinajstić information content (AvgIpc) is 2.95. The molecule has 3 rings (SSSR count). The van der Waals surface area contributed by atoms with Crippen molar-refractivity contribution in [1.82, 2.24) is 0 Å². The van der Waals surface area contributed by atoms with E-state index in [1.54, 1.807) is 60.7 Å². The van der Waals surface area contributed by atoms with Crippen molar-refractivity contribution in [3.05, 3.63) is 89.5 Å². The molecule has 0 N–H and O–H groups in total. The molecule has 3 aromatic carbocycles. The quantitative estimate of drug-likeness (QED) is 0.146. The molecule has 200 valence electrons. The number of hydrogen-bond donors (Lipinski definition) is 0. The second-order valence-corrected chi connectivity index (χ2v) is 8.86. The Morgan fingerprint density at radius 2 is 1.13 bits per heavy atom. The zero-order chi connectivity index (χ0) is 27.3. The third-order valence-electron chi connectivity index (χ3n) is 6.00. The Kier molecular flexibility index (Phi) is 10.9. The van der Waals surface area contributed by atoms with Gasteiger partial charge in [0.15, 0.2) is 0 Å². The predicted molar refractivity (Wildman–Crippen MR) is 144 cm³/mol. The van der Waals surface area contributed by atoms with Crippen LogP contribution >= 0.6 is 0 Å². The second kappa shape index (κ2) is 14.6. The highest BCUT2D eigenvalue weighted by Gasteiger charge is 2.13. The second-order valence-electron chi connectivity index (χ2n) is 8.86. The third-order valence-corrected chi connectivity index (χ3v) is 6.00. The van der Waals surface area contributed by atoms with E-state index in [2.05, 4.69) is 6.92 Å². The van der Waals surface area contributed by atoms with Gasteiger partial charge in [0.2, 0.25) is 0 Å². The van der Waals surface area contributed by atoms with Gasteiger partial charge in [0.1, 0.15) is 17.2 Å². The van der Waals surface area contributed by atoms with Gasteiger partial charge in [-0.3, -0.25) is 4.79 Å².